The van der Waals surface area contributed by atoms with Gasteiger partial charge in [-0.3, -0.25) is 9.59 Å². The largest absolute Gasteiger partial charge is 0.508 e. The summed E-state index contributed by atoms with van der Waals surface area (Å²) in [5.41, 5.74) is 4.69. The quantitative estimate of drug-likeness (QED) is 0.212. The molecule has 5 N–H and O–H groups in total. The molecule has 10 nitrogen and oxygen atoms in total. The molecular formula is C19H19N7O3S. The number of H-pyrrole nitrogens is 1. The van der Waals surface area contributed by atoms with E-state index in [1.807, 2.05) is 0 Å². The molecule has 0 saturated heterocycles. The van der Waals surface area contributed by atoms with Gasteiger partial charge in [0.2, 0.25) is 22.9 Å². The van der Waals surface area contributed by atoms with E-state index < -0.39 is 0 Å². The monoisotopic (exact) mass is 425 g/mol. The van der Waals surface area contributed by atoms with Gasteiger partial charge in [0.25, 0.3) is 0 Å². The molecule has 3 rings (SSSR count). The molecule has 0 aliphatic rings. The van der Waals surface area contributed by atoms with Crippen molar-refractivity contribution in [3.63, 3.8) is 0 Å². The van der Waals surface area contributed by atoms with E-state index in [-0.39, 0.29) is 23.3 Å². The molecule has 154 valence electrons. The molecule has 0 bridgehead atoms. The lowest BCUT2D eigenvalue weighted by Crippen LogP contribution is -2.14. The Kier molecular flexibility index (Phi) is 7.00. The van der Waals surface area contributed by atoms with E-state index in [0.717, 1.165) is 17.3 Å². The average Bonchev–Trinajstić information content (AvgIpc) is 3.15. The number of hydrogen-bond donors (Lipinski definition) is 5. The van der Waals surface area contributed by atoms with Crippen molar-refractivity contribution in [1.29, 1.82) is 0 Å². The molecule has 2 aromatic carbocycles. The molecule has 2 amide bonds. The summed E-state index contributed by atoms with van der Waals surface area (Å²) in [4.78, 5) is 27.4. The Balaban J connectivity index is 1.46. The van der Waals surface area contributed by atoms with Gasteiger partial charge in [-0.25, -0.2) is 10.5 Å². The summed E-state index contributed by atoms with van der Waals surface area (Å²) in [6.07, 6.45) is 1.57. The first-order chi connectivity index (χ1) is 14.5. The van der Waals surface area contributed by atoms with Gasteiger partial charge < -0.3 is 15.7 Å². The van der Waals surface area contributed by atoms with Gasteiger partial charge in [0.05, 0.1) is 12.0 Å². The Labute approximate surface area is 176 Å². The van der Waals surface area contributed by atoms with Crippen LogP contribution in [0.5, 0.6) is 5.75 Å². The second-order valence-corrected chi connectivity index (χ2v) is 6.97. The summed E-state index contributed by atoms with van der Waals surface area (Å²) in [6.45, 7) is 1.42. The van der Waals surface area contributed by atoms with Gasteiger partial charge >= 0.3 is 0 Å². The number of benzene rings is 2. The predicted molar refractivity (Wildman–Crippen MR) is 116 cm³/mol. The number of rotatable bonds is 8. The number of hydrogen-bond acceptors (Lipinski definition) is 8. The fourth-order valence-electron chi connectivity index (χ4n) is 2.29. The highest BCUT2D eigenvalue weighted by Gasteiger charge is 2.08. The molecule has 3 aromatic rings. The van der Waals surface area contributed by atoms with Crippen molar-refractivity contribution in [1.82, 2.24) is 15.2 Å². The van der Waals surface area contributed by atoms with Crippen molar-refractivity contribution >= 4 is 47.1 Å². The maximum Gasteiger partial charge on any atom is 0.240 e. The highest BCUT2D eigenvalue weighted by Crippen LogP contribution is 2.17. The number of nitrogens with zero attached hydrogens (tertiary/aromatic N) is 3. The van der Waals surface area contributed by atoms with Crippen LogP contribution in [0.3, 0.4) is 0 Å². The maximum absolute atomic E-state index is 12.1. The molecule has 0 spiro atoms. The highest BCUT2D eigenvalue weighted by molar-refractivity contribution is 7.99. The van der Waals surface area contributed by atoms with Crippen molar-refractivity contribution < 1.29 is 14.7 Å². The molecule has 11 heteroatoms. The topological polar surface area (TPSA) is 144 Å². The average molecular weight is 425 g/mol. The third-order valence-corrected chi connectivity index (χ3v) is 4.39. The summed E-state index contributed by atoms with van der Waals surface area (Å²) in [5.74, 6) is 0.204. The number of thioether (sulfide) groups is 1. The Hall–Kier alpha value is -3.86. The summed E-state index contributed by atoms with van der Waals surface area (Å²) in [5, 5.41) is 25.8. The second kappa shape index (κ2) is 10.1. The van der Waals surface area contributed by atoms with E-state index in [9.17, 15) is 14.7 Å². The number of aromatic amines is 1. The lowest BCUT2D eigenvalue weighted by molar-refractivity contribution is -0.114. The van der Waals surface area contributed by atoms with E-state index in [1.54, 1.807) is 54.7 Å². The molecule has 0 atom stereocenters. The molecular weight excluding hydrogens is 406 g/mol. The Morgan fingerprint density at radius 3 is 2.63 bits per heavy atom. The third-order valence-electron chi connectivity index (χ3n) is 3.54. The third kappa shape index (κ3) is 6.63. The van der Waals surface area contributed by atoms with Crippen LogP contribution in [0.4, 0.5) is 17.3 Å². The minimum atomic E-state index is -0.232. The SMILES string of the molecule is CC(=O)Nc1cccc(NC(=O)CSc2n[nH]c(N/N=C/c3ccc(O)cc3)n2)c1. The van der Waals surface area contributed by atoms with Crippen molar-refractivity contribution in [2.24, 2.45) is 5.10 Å². The lowest BCUT2D eigenvalue weighted by atomic mass is 10.2. The van der Waals surface area contributed by atoms with Crippen LogP contribution in [0.2, 0.25) is 0 Å². The van der Waals surface area contributed by atoms with Crippen LogP contribution in [0.25, 0.3) is 0 Å². The number of carbonyl (C=O) groups is 2. The van der Waals surface area contributed by atoms with Crippen molar-refractivity contribution in [2.45, 2.75) is 12.1 Å². The van der Waals surface area contributed by atoms with Crippen molar-refractivity contribution in [3.05, 3.63) is 54.1 Å². The number of phenolic OH excluding ortho intramolecular Hbond substituents is 1. The first kappa shape index (κ1) is 20.9. The van der Waals surface area contributed by atoms with Crippen LogP contribution in [0, 0.1) is 0 Å². The number of phenols is 1. The Bertz CT molecular complexity index is 1050. The summed E-state index contributed by atoms with van der Waals surface area (Å²) >= 11 is 1.16. The molecule has 0 aliphatic heterocycles. The van der Waals surface area contributed by atoms with Gasteiger partial charge in [-0.05, 0) is 48.0 Å². The normalized spacial score (nSPS) is 10.7. The van der Waals surface area contributed by atoms with Gasteiger partial charge in [0.1, 0.15) is 5.75 Å². The molecule has 0 aliphatic carbocycles. The molecule has 30 heavy (non-hydrogen) atoms. The van der Waals surface area contributed by atoms with Gasteiger partial charge in [0.15, 0.2) is 0 Å². The molecule has 1 aromatic heterocycles. The minimum Gasteiger partial charge on any atom is -0.508 e. The first-order valence-corrected chi connectivity index (χ1v) is 9.77. The van der Waals surface area contributed by atoms with Gasteiger partial charge in [-0.15, -0.1) is 5.10 Å². The van der Waals surface area contributed by atoms with Crippen molar-refractivity contribution in [2.75, 3.05) is 21.8 Å². The molecule has 0 fully saturated rings. The molecule has 0 saturated carbocycles. The fourth-order valence-corrected chi connectivity index (χ4v) is 2.89. The number of nitrogens with one attached hydrogen (secondary N) is 4. The highest BCUT2D eigenvalue weighted by atomic mass is 32.2. The summed E-state index contributed by atoms with van der Waals surface area (Å²) in [6, 6.07) is 13.4. The van der Waals surface area contributed by atoms with E-state index in [1.165, 1.54) is 6.92 Å². The summed E-state index contributed by atoms with van der Waals surface area (Å²) in [7, 11) is 0. The van der Waals surface area contributed by atoms with E-state index in [2.05, 4.69) is 36.3 Å². The van der Waals surface area contributed by atoms with Crippen LogP contribution < -0.4 is 16.1 Å². The number of anilines is 3. The molecule has 0 unspecified atom stereocenters. The lowest BCUT2D eigenvalue weighted by Gasteiger charge is -2.07. The predicted octanol–water partition coefficient (Wildman–Crippen LogP) is 2.65. The number of carbonyl (C=O) groups excluding carboxylic acids is 2. The standard InChI is InChI=1S/C19H19N7O3S/c1-12(27)21-14-3-2-4-15(9-14)22-17(29)11-30-19-23-18(25-26-19)24-20-10-13-5-7-16(28)8-6-13/h2-10,28H,11H2,1H3,(H,21,27)(H,22,29)(H2,23,24,25,26)/b20-10+. The fraction of sp³-hybridized carbons (Fsp3) is 0.105. The second-order valence-electron chi connectivity index (χ2n) is 6.03. The van der Waals surface area contributed by atoms with E-state index in [4.69, 9.17) is 0 Å². The van der Waals surface area contributed by atoms with Gasteiger partial charge in [-0.2, -0.15) is 10.1 Å². The van der Waals surface area contributed by atoms with Crippen LogP contribution >= 0.6 is 11.8 Å². The van der Waals surface area contributed by atoms with E-state index in [0.29, 0.717) is 22.5 Å². The van der Waals surface area contributed by atoms with Crippen LogP contribution in [-0.4, -0.2) is 44.1 Å². The Morgan fingerprint density at radius 2 is 1.90 bits per heavy atom. The van der Waals surface area contributed by atoms with Crippen LogP contribution in [0.15, 0.2) is 58.8 Å². The zero-order chi connectivity index (χ0) is 21.3. The van der Waals surface area contributed by atoms with Crippen LogP contribution in [-0.2, 0) is 9.59 Å². The minimum absolute atomic E-state index is 0.110. The molecule has 1 heterocycles. The Morgan fingerprint density at radius 1 is 1.17 bits per heavy atom. The number of hydrazone groups is 1. The first-order valence-electron chi connectivity index (χ1n) is 8.79. The summed E-state index contributed by atoms with van der Waals surface area (Å²) < 4.78 is 0. The number of aromatic nitrogens is 3. The number of amides is 2. The van der Waals surface area contributed by atoms with Gasteiger partial charge in [0, 0.05) is 18.3 Å². The van der Waals surface area contributed by atoms with E-state index >= 15 is 0 Å². The zero-order valence-corrected chi connectivity index (χ0v) is 16.7. The molecule has 0 radical (unpaired) electrons. The van der Waals surface area contributed by atoms with Crippen molar-refractivity contribution in [3.8, 4) is 5.75 Å². The number of aromatic hydroxyl groups is 1. The van der Waals surface area contributed by atoms with Gasteiger partial charge in [-0.1, -0.05) is 17.8 Å². The van der Waals surface area contributed by atoms with Crippen LogP contribution in [0.1, 0.15) is 12.5 Å². The smallest absolute Gasteiger partial charge is 0.240 e. The zero-order valence-electron chi connectivity index (χ0n) is 15.9. The maximum atomic E-state index is 12.1.